The van der Waals surface area contributed by atoms with Gasteiger partial charge in [0.1, 0.15) is 17.4 Å². The van der Waals surface area contributed by atoms with E-state index in [0.29, 0.717) is 30.6 Å². The lowest BCUT2D eigenvalue weighted by molar-refractivity contribution is -0.106. The fourth-order valence-corrected chi connectivity index (χ4v) is 5.69. The topological polar surface area (TPSA) is 54.0 Å². The molecule has 4 atom stereocenters. The van der Waals surface area contributed by atoms with E-state index in [2.05, 4.69) is 40.4 Å². The molecule has 1 aromatic rings. The Labute approximate surface area is 188 Å². The molecule has 6 heteroatoms. The summed E-state index contributed by atoms with van der Waals surface area (Å²) in [5, 5.41) is 0.155. The van der Waals surface area contributed by atoms with Gasteiger partial charge in [-0.3, -0.25) is 0 Å². The molecule has 5 nitrogen and oxygen atoms in total. The number of methoxy groups -OCH3 is 1. The molecule has 0 aromatic heterocycles. The minimum absolute atomic E-state index is 0.00146. The first-order valence-corrected chi connectivity index (χ1v) is 14.3. The smallest absolute Gasteiger partial charge is 0.342 e. The number of hydrogen-bond donors (Lipinski definition) is 0. The van der Waals surface area contributed by atoms with Crippen LogP contribution in [0.15, 0.2) is 30.9 Å². The van der Waals surface area contributed by atoms with Gasteiger partial charge in [-0.15, -0.1) is 6.58 Å². The highest BCUT2D eigenvalue weighted by Crippen LogP contribution is 2.40. The molecule has 2 heterocycles. The minimum atomic E-state index is -1.90. The molecule has 31 heavy (non-hydrogen) atoms. The SMILES string of the molecule is C=CC[C@@H]1C[C@@H]2C[C@@H](O[Si](C)(C)C(C)(C)C)C[C@@H](Cc3cccc(OC)c3C(=O)O1)O2. The number of fused-ring (bicyclic) bond motifs is 3. The summed E-state index contributed by atoms with van der Waals surface area (Å²) < 4.78 is 24.7. The Hall–Kier alpha value is -1.63. The van der Waals surface area contributed by atoms with Crippen LogP contribution in [0.4, 0.5) is 0 Å². The lowest BCUT2D eigenvalue weighted by Crippen LogP contribution is -2.48. The van der Waals surface area contributed by atoms with Crippen molar-refractivity contribution in [1.29, 1.82) is 0 Å². The second-order valence-electron chi connectivity index (χ2n) is 10.3. The average Bonchev–Trinajstić information content (AvgIpc) is 2.65. The average molecular weight is 447 g/mol. The van der Waals surface area contributed by atoms with Crippen LogP contribution in [0.5, 0.6) is 5.75 Å². The van der Waals surface area contributed by atoms with E-state index in [4.69, 9.17) is 18.6 Å². The molecule has 1 saturated heterocycles. The first-order chi connectivity index (χ1) is 14.5. The van der Waals surface area contributed by atoms with Gasteiger partial charge in [-0.25, -0.2) is 4.79 Å². The molecular weight excluding hydrogens is 408 g/mol. The lowest BCUT2D eigenvalue weighted by atomic mass is 9.91. The van der Waals surface area contributed by atoms with Gasteiger partial charge in [0, 0.05) is 18.9 Å². The summed E-state index contributed by atoms with van der Waals surface area (Å²) in [4.78, 5) is 13.1. The largest absolute Gasteiger partial charge is 0.496 e. The van der Waals surface area contributed by atoms with E-state index in [0.717, 1.165) is 18.4 Å². The van der Waals surface area contributed by atoms with Crippen molar-refractivity contribution >= 4 is 14.3 Å². The molecule has 0 saturated carbocycles. The molecule has 0 N–H and O–H groups in total. The van der Waals surface area contributed by atoms with Crippen molar-refractivity contribution in [3.8, 4) is 5.75 Å². The van der Waals surface area contributed by atoms with Crippen LogP contribution < -0.4 is 4.74 Å². The Morgan fingerprint density at radius 1 is 1.19 bits per heavy atom. The fourth-order valence-electron chi connectivity index (χ4n) is 4.31. The number of rotatable bonds is 5. The molecule has 2 aliphatic rings. The molecule has 172 valence electrons. The maximum absolute atomic E-state index is 13.1. The van der Waals surface area contributed by atoms with Gasteiger partial charge in [-0.1, -0.05) is 39.0 Å². The number of benzene rings is 1. The van der Waals surface area contributed by atoms with Crippen LogP contribution in [0.2, 0.25) is 18.1 Å². The van der Waals surface area contributed by atoms with Gasteiger partial charge in [0.15, 0.2) is 8.32 Å². The standard InChI is InChI=1S/C25H38O5Si/c1-8-10-18-14-20-16-21(30-31(6,7)25(2,3)4)15-19(28-20)13-17-11-9-12-22(27-5)23(17)24(26)29-18/h8-9,11-12,18-21H,1,10,13-16H2,2-7H3/t18-,19-,20-,21+/m1/s1. The van der Waals surface area contributed by atoms with Crippen LogP contribution in [0, 0.1) is 0 Å². The van der Waals surface area contributed by atoms with Gasteiger partial charge in [-0.05, 0) is 49.0 Å². The Morgan fingerprint density at radius 3 is 2.55 bits per heavy atom. The van der Waals surface area contributed by atoms with Crippen molar-refractivity contribution < 1.29 is 23.4 Å². The normalized spacial score (nSPS) is 27.1. The van der Waals surface area contributed by atoms with Crippen molar-refractivity contribution in [3.63, 3.8) is 0 Å². The van der Waals surface area contributed by atoms with E-state index in [1.54, 1.807) is 13.2 Å². The summed E-state index contributed by atoms with van der Waals surface area (Å²) in [5.74, 6) is 0.218. The lowest BCUT2D eigenvalue weighted by Gasteiger charge is -2.44. The second-order valence-corrected chi connectivity index (χ2v) is 15.1. The highest BCUT2D eigenvalue weighted by Gasteiger charge is 2.42. The molecule has 0 spiro atoms. The van der Waals surface area contributed by atoms with Crippen LogP contribution in [0.3, 0.4) is 0 Å². The number of hydrogen-bond acceptors (Lipinski definition) is 5. The highest BCUT2D eigenvalue weighted by molar-refractivity contribution is 6.74. The van der Waals surface area contributed by atoms with E-state index in [1.807, 2.05) is 18.2 Å². The van der Waals surface area contributed by atoms with Gasteiger partial charge in [-0.2, -0.15) is 0 Å². The summed E-state index contributed by atoms with van der Waals surface area (Å²) in [5.41, 5.74) is 1.41. The monoisotopic (exact) mass is 446 g/mol. The first-order valence-electron chi connectivity index (χ1n) is 11.3. The van der Waals surface area contributed by atoms with Crippen molar-refractivity contribution in [2.75, 3.05) is 7.11 Å². The molecular formula is C25H38O5Si. The molecule has 0 radical (unpaired) electrons. The molecule has 0 unspecified atom stereocenters. The van der Waals surface area contributed by atoms with Crippen molar-refractivity contribution in [3.05, 3.63) is 42.0 Å². The summed E-state index contributed by atoms with van der Waals surface area (Å²) >= 11 is 0. The van der Waals surface area contributed by atoms with E-state index >= 15 is 0 Å². The molecule has 1 fully saturated rings. The Kier molecular flexibility index (Phi) is 7.34. The van der Waals surface area contributed by atoms with Gasteiger partial charge in [0.2, 0.25) is 0 Å². The fraction of sp³-hybridized carbons (Fsp3) is 0.640. The highest BCUT2D eigenvalue weighted by atomic mass is 28.4. The summed E-state index contributed by atoms with van der Waals surface area (Å²) in [7, 11) is -0.316. The maximum atomic E-state index is 13.1. The Morgan fingerprint density at radius 2 is 1.90 bits per heavy atom. The Balaban J connectivity index is 1.93. The van der Waals surface area contributed by atoms with Gasteiger partial charge >= 0.3 is 5.97 Å². The molecule has 0 amide bonds. The van der Waals surface area contributed by atoms with Gasteiger partial charge < -0.3 is 18.6 Å². The van der Waals surface area contributed by atoms with Crippen molar-refractivity contribution in [1.82, 2.24) is 0 Å². The second kappa shape index (κ2) is 9.47. The van der Waals surface area contributed by atoms with E-state index in [1.165, 1.54) is 0 Å². The summed E-state index contributed by atoms with van der Waals surface area (Å²) in [6.07, 6.45) is 5.22. The molecule has 3 rings (SSSR count). The van der Waals surface area contributed by atoms with Crippen molar-refractivity contribution in [2.45, 2.75) is 95.4 Å². The number of cyclic esters (lactones) is 1. The van der Waals surface area contributed by atoms with Gasteiger partial charge in [0.05, 0.1) is 19.3 Å². The maximum Gasteiger partial charge on any atom is 0.342 e. The van der Waals surface area contributed by atoms with Crippen LogP contribution in [0.1, 0.15) is 62.4 Å². The van der Waals surface area contributed by atoms with Crippen LogP contribution in [0.25, 0.3) is 0 Å². The number of esters is 1. The quantitative estimate of drug-likeness (QED) is 0.331. The van der Waals surface area contributed by atoms with Crippen molar-refractivity contribution in [2.24, 2.45) is 0 Å². The summed E-state index contributed by atoms with van der Waals surface area (Å²) in [6.45, 7) is 15.3. The predicted octanol–water partition coefficient (Wildman–Crippen LogP) is 5.68. The molecule has 2 aliphatic heterocycles. The third-order valence-electron chi connectivity index (χ3n) is 6.92. The summed E-state index contributed by atoms with van der Waals surface area (Å²) in [6, 6.07) is 5.70. The number of carbonyl (C=O) groups excluding carboxylic acids is 1. The molecule has 2 bridgehead atoms. The number of carbonyl (C=O) groups is 1. The van der Waals surface area contributed by atoms with E-state index < -0.39 is 8.32 Å². The molecule has 1 aromatic carbocycles. The Bertz CT molecular complexity index is 798. The molecule has 0 aliphatic carbocycles. The van der Waals surface area contributed by atoms with E-state index in [-0.39, 0.29) is 35.4 Å². The predicted molar refractivity (Wildman–Crippen MR) is 125 cm³/mol. The van der Waals surface area contributed by atoms with Gasteiger partial charge in [0.25, 0.3) is 0 Å². The zero-order valence-corrected chi connectivity index (χ0v) is 20.9. The van der Waals surface area contributed by atoms with Crippen LogP contribution >= 0.6 is 0 Å². The third kappa shape index (κ3) is 5.60. The minimum Gasteiger partial charge on any atom is -0.496 e. The zero-order chi connectivity index (χ0) is 22.8. The number of ether oxygens (including phenoxy) is 3. The van der Waals surface area contributed by atoms with Crippen LogP contribution in [-0.2, 0) is 20.3 Å². The third-order valence-corrected chi connectivity index (χ3v) is 11.5. The first kappa shape index (κ1) is 24.0. The zero-order valence-electron chi connectivity index (χ0n) is 19.9. The van der Waals surface area contributed by atoms with Crippen LogP contribution in [-0.4, -0.2) is 45.8 Å². The van der Waals surface area contributed by atoms with E-state index in [9.17, 15) is 4.79 Å².